The van der Waals surface area contributed by atoms with Gasteiger partial charge in [-0.05, 0) is 23.1 Å². The maximum absolute atomic E-state index is 13.9. The van der Waals surface area contributed by atoms with Crippen molar-refractivity contribution in [2.75, 3.05) is 24.5 Å². The minimum absolute atomic E-state index is 0.00286. The quantitative estimate of drug-likeness (QED) is 0.490. The Morgan fingerprint density at radius 1 is 1.00 bits per heavy atom. The van der Waals surface area contributed by atoms with Crippen LogP contribution in [0.15, 0.2) is 79.3 Å². The van der Waals surface area contributed by atoms with Gasteiger partial charge in [0.05, 0.1) is 12.2 Å². The number of amides is 2. The summed E-state index contributed by atoms with van der Waals surface area (Å²) in [6.07, 6.45) is 5.75. The maximum atomic E-state index is 13.9. The largest absolute Gasteiger partial charge is 0.340 e. The number of nitrogens with two attached hydrogens (primary N) is 1. The number of hydrogen-bond donors (Lipinski definition) is 1. The summed E-state index contributed by atoms with van der Waals surface area (Å²) in [7, 11) is 0. The first-order valence-corrected chi connectivity index (χ1v) is 11.8. The Balaban J connectivity index is 1.41. The van der Waals surface area contributed by atoms with Crippen molar-refractivity contribution in [3.8, 4) is 11.1 Å². The van der Waals surface area contributed by atoms with Crippen molar-refractivity contribution >= 4 is 28.3 Å². The molecule has 2 aromatic heterocycles. The Labute approximate surface area is 203 Å². The number of hydrogen-bond acceptors (Lipinski definition) is 5. The molecular formula is C28H25N5O2. The summed E-state index contributed by atoms with van der Waals surface area (Å²) in [5.74, 6) is 0.0134. The Hall–Kier alpha value is -4.10. The first-order chi connectivity index (χ1) is 17.1. The van der Waals surface area contributed by atoms with Crippen LogP contribution < -0.4 is 10.6 Å². The second-order valence-electron chi connectivity index (χ2n) is 9.19. The molecule has 0 unspecified atom stereocenters. The van der Waals surface area contributed by atoms with E-state index in [0.717, 1.165) is 38.8 Å². The number of nitrogens with zero attached hydrogens (tertiary/aromatic N) is 4. The highest BCUT2D eigenvalue weighted by molar-refractivity contribution is 6.10. The Morgan fingerprint density at radius 3 is 2.60 bits per heavy atom. The first kappa shape index (κ1) is 21.4. The molecule has 1 saturated heterocycles. The van der Waals surface area contributed by atoms with Crippen LogP contribution in [0.3, 0.4) is 0 Å². The lowest BCUT2D eigenvalue weighted by Gasteiger charge is -2.46. The summed E-state index contributed by atoms with van der Waals surface area (Å²) < 4.78 is 0. The molecule has 2 amide bonds. The number of benzene rings is 2. The van der Waals surface area contributed by atoms with Gasteiger partial charge in [-0.1, -0.05) is 48.5 Å². The molecule has 35 heavy (non-hydrogen) atoms. The monoisotopic (exact) mass is 463 g/mol. The molecule has 2 aromatic carbocycles. The van der Waals surface area contributed by atoms with Crippen molar-refractivity contribution in [1.29, 1.82) is 0 Å². The molecular weight excluding hydrogens is 438 g/mol. The van der Waals surface area contributed by atoms with E-state index in [9.17, 15) is 9.59 Å². The number of fused-ring (bicyclic) bond motifs is 3. The molecule has 2 N–H and O–H groups in total. The summed E-state index contributed by atoms with van der Waals surface area (Å²) in [4.78, 5) is 39.0. The molecule has 0 radical (unpaired) electrons. The summed E-state index contributed by atoms with van der Waals surface area (Å²) in [6.45, 7) is 1.42. The summed E-state index contributed by atoms with van der Waals surface area (Å²) in [5, 5.41) is 2.11. The lowest BCUT2D eigenvalue weighted by atomic mass is 9.74. The maximum Gasteiger partial charge on any atom is 0.241 e. The van der Waals surface area contributed by atoms with Crippen LogP contribution in [0.1, 0.15) is 17.7 Å². The summed E-state index contributed by atoms with van der Waals surface area (Å²) in [5.41, 5.74) is 9.49. The fraction of sp³-hybridized carbons (Fsp3) is 0.214. The standard InChI is InChI=1S/C28H25N5O2/c29-12-11-25(34)32-17-28(18-32)22-9-3-4-10-24(22)33(27(28)35)16-23-26(20-7-5-13-30-14-20)21-8-2-1-6-19(21)15-31-23/h1-10,13-15H,11-12,16-18,29H2. The number of aromatic nitrogens is 2. The van der Waals surface area contributed by atoms with Crippen LogP contribution in [0.2, 0.25) is 0 Å². The van der Waals surface area contributed by atoms with Gasteiger partial charge in [0.1, 0.15) is 5.41 Å². The zero-order chi connectivity index (χ0) is 24.0. The van der Waals surface area contributed by atoms with Gasteiger partial charge in [0, 0.05) is 66.8 Å². The molecule has 6 rings (SSSR count). The van der Waals surface area contributed by atoms with E-state index in [4.69, 9.17) is 10.7 Å². The number of carbonyl (C=O) groups excluding carboxylic acids is 2. The average molecular weight is 464 g/mol. The van der Waals surface area contributed by atoms with Crippen LogP contribution >= 0.6 is 0 Å². The van der Waals surface area contributed by atoms with Crippen molar-refractivity contribution in [3.05, 3.63) is 90.5 Å². The highest BCUT2D eigenvalue weighted by Crippen LogP contribution is 2.48. The predicted octanol–water partition coefficient (Wildman–Crippen LogP) is 3.27. The molecule has 7 heteroatoms. The van der Waals surface area contributed by atoms with E-state index in [-0.39, 0.29) is 11.8 Å². The topological polar surface area (TPSA) is 92.4 Å². The van der Waals surface area contributed by atoms with Gasteiger partial charge < -0.3 is 15.5 Å². The molecule has 4 heterocycles. The van der Waals surface area contributed by atoms with E-state index in [1.165, 1.54) is 0 Å². The molecule has 0 aliphatic carbocycles. The Kier molecular flexibility index (Phi) is 5.07. The van der Waals surface area contributed by atoms with Crippen LogP contribution in [0.25, 0.3) is 21.9 Å². The van der Waals surface area contributed by atoms with Gasteiger partial charge in [0.25, 0.3) is 0 Å². The van der Waals surface area contributed by atoms with E-state index in [0.29, 0.717) is 32.6 Å². The van der Waals surface area contributed by atoms with E-state index < -0.39 is 5.41 Å². The molecule has 7 nitrogen and oxygen atoms in total. The third-order valence-electron chi connectivity index (χ3n) is 7.13. The molecule has 0 atom stereocenters. The lowest BCUT2D eigenvalue weighted by molar-refractivity contribution is -0.144. The predicted molar refractivity (Wildman–Crippen MR) is 135 cm³/mol. The van der Waals surface area contributed by atoms with Gasteiger partial charge in [-0.25, -0.2) is 0 Å². The van der Waals surface area contributed by atoms with Crippen LogP contribution in [0.5, 0.6) is 0 Å². The first-order valence-electron chi connectivity index (χ1n) is 11.8. The number of pyridine rings is 2. The minimum Gasteiger partial charge on any atom is -0.340 e. The van der Waals surface area contributed by atoms with Gasteiger partial charge in [-0.3, -0.25) is 19.6 Å². The van der Waals surface area contributed by atoms with Gasteiger partial charge in [0.15, 0.2) is 0 Å². The summed E-state index contributed by atoms with van der Waals surface area (Å²) in [6, 6.07) is 20.0. The van der Waals surface area contributed by atoms with Gasteiger partial charge >= 0.3 is 0 Å². The van der Waals surface area contributed by atoms with E-state index in [1.54, 1.807) is 11.1 Å². The van der Waals surface area contributed by atoms with Crippen LogP contribution in [-0.2, 0) is 21.5 Å². The van der Waals surface area contributed by atoms with Crippen molar-refractivity contribution in [2.45, 2.75) is 18.4 Å². The fourth-order valence-electron chi connectivity index (χ4n) is 5.43. The zero-order valence-electron chi connectivity index (χ0n) is 19.2. The minimum atomic E-state index is -0.702. The molecule has 1 fully saturated rings. The highest BCUT2D eigenvalue weighted by atomic mass is 16.2. The molecule has 174 valence electrons. The second-order valence-corrected chi connectivity index (χ2v) is 9.19. The Bertz CT molecular complexity index is 1450. The van der Waals surface area contributed by atoms with Gasteiger partial charge in [0.2, 0.25) is 11.8 Å². The van der Waals surface area contributed by atoms with Crippen LogP contribution in [0.4, 0.5) is 5.69 Å². The van der Waals surface area contributed by atoms with E-state index >= 15 is 0 Å². The third kappa shape index (κ3) is 3.31. The number of rotatable bonds is 5. The van der Waals surface area contributed by atoms with Crippen molar-refractivity contribution in [1.82, 2.24) is 14.9 Å². The Morgan fingerprint density at radius 2 is 1.80 bits per heavy atom. The smallest absolute Gasteiger partial charge is 0.241 e. The zero-order valence-corrected chi connectivity index (χ0v) is 19.2. The molecule has 2 aliphatic rings. The molecule has 4 aromatic rings. The van der Waals surface area contributed by atoms with Crippen molar-refractivity contribution < 1.29 is 9.59 Å². The molecule has 0 bridgehead atoms. The molecule has 2 aliphatic heterocycles. The fourth-order valence-corrected chi connectivity index (χ4v) is 5.43. The van der Waals surface area contributed by atoms with Crippen LogP contribution in [-0.4, -0.2) is 46.3 Å². The summed E-state index contributed by atoms with van der Waals surface area (Å²) >= 11 is 0. The van der Waals surface area contributed by atoms with Crippen LogP contribution in [0, 0.1) is 0 Å². The van der Waals surface area contributed by atoms with Gasteiger partial charge in [-0.2, -0.15) is 0 Å². The number of para-hydroxylation sites is 1. The van der Waals surface area contributed by atoms with Gasteiger partial charge in [-0.15, -0.1) is 0 Å². The normalized spacial score (nSPS) is 16.0. The third-order valence-corrected chi connectivity index (χ3v) is 7.13. The van der Waals surface area contributed by atoms with Crippen molar-refractivity contribution in [3.63, 3.8) is 0 Å². The van der Waals surface area contributed by atoms with Crippen molar-refractivity contribution in [2.24, 2.45) is 5.73 Å². The SMILES string of the molecule is NCCC(=O)N1CC2(C1)C(=O)N(Cc1ncc3ccccc3c1-c1cccnc1)c1ccccc12. The average Bonchev–Trinajstić information content (AvgIpc) is 3.11. The number of carbonyl (C=O) groups is 2. The molecule has 0 saturated carbocycles. The second kappa shape index (κ2) is 8.29. The lowest BCUT2D eigenvalue weighted by Crippen LogP contribution is -2.65. The number of likely N-dealkylation sites (tertiary alicyclic amines) is 1. The highest BCUT2D eigenvalue weighted by Gasteiger charge is 2.58. The van der Waals surface area contributed by atoms with E-state index in [2.05, 4.69) is 11.1 Å². The van der Waals surface area contributed by atoms with E-state index in [1.807, 2.05) is 71.9 Å². The molecule has 1 spiro atoms. The number of anilines is 1.